The van der Waals surface area contributed by atoms with E-state index in [1.807, 2.05) is 25.7 Å². The van der Waals surface area contributed by atoms with E-state index in [1.165, 1.54) is 5.56 Å². The second-order valence-electron chi connectivity index (χ2n) is 5.17. The van der Waals surface area contributed by atoms with Crippen molar-refractivity contribution in [2.75, 3.05) is 25.6 Å². The minimum atomic E-state index is -0.0505. The van der Waals surface area contributed by atoms with Gasteiger partial charge in [-0.2, -0.15) is 0 Å². The second kappa shape index (κ2) is 5.93. The smallest absolute Gasteiger partial charge is 0.254 e. The monoisotopic (exact) mass is 281 g/mol. The highest BCUT2D eigenvalue weighted by atomic mass is 35.5. The standard InChI is InChI=1S/C15H20ClNO2/c1-10-6-11(2)14(12(3)7-10)15(18)17-4-5-19-13(8-16)9-17/h6-7,13H,4-5,8-9H2,1-3H3. The van der Waals surface area contributed by atoms with Crippen molar-refractivity contribution in [2.45, 2.75) is 26.9 Å². The highest BCUT2D eigenvalue weighted by Gasteiger charge is 2.26. The molecule has 0 spiro atoms. The van der Waals surface area contributed by atoms with Crippen LogP contribution in [0.15, 0.2) is 12.1 Å². The number of halogens is 1. The molecule has 1 amide bonds. The zero-order valence-electron chi connectivity index (χ0n) is 11.7. The third-order valence-electron chi connectivity index (χ3n) is 3.49. The lowest BCUT2D eigenvalue weighted by molar-refractivity contribution is -0.0108. The molecule has 1 aromatic rings. The Hall–Kier alpha value is -1.06. The SMILES string of the molecule is Cc1cc(C)c(C(=O)N2CCOC(CCl)C2)c(C)c1. The predicted octanol–water partition coefficient (Wildman–Crippen LogP) is 2.69. The van der Waals surface area contributed by atoms with Gasteiger partial charge in [-0.05, 0) is 31.9 Å². The number of hydrogen-bond donors (Lipinski definition) is 0. The first-order valence-electron chi connectivity index (χ1n) is 6.57. The van der Waals surface area contributed by atoms with Crippen LogP contribution in [-0.4, -0.2) is 42.5 Å². The Morgan fingerprint density at radius 1 is 1.37 bits per heavy atom. The van der Waals surface area contributed by atoms with Gasteiger partial charge in [0.05, 0.1) is 18.6 Å². The van der Waals surface area contributed by atoms with E-state index in [0.717, 1.165) is 16.7 Å². The number of amides is 1. The lowest BCUT2D eigenvalue weighted by atomic mass is 9.98. The highest BCUT2D eigenvalue weighted by molar-refractivity contribution is 6.18. The number of carbonyl (C=O) groups excluding carboxylic acids is 1. The minimum absolute atomic E-state index is 0.0505. The van der Waals surface area contributed by atoms with E-state index >= 15 is 0 Å². The molecule has 0 bridgehead atoms. The van der Waals surface area contributed by atoms with Gasteiger partial charge >= 0.3 is 0 Å². The van der Waals surface area contributed by atoms with Crippen LogP contribution in [0.4, 0.5) is 0 Å². The quantitative estimate of drug-likeness (QED) is 0.780. The summed E-state index contributed by atoms with van der Waals surface area (Å²) in [6.07, 6.45) is -0.0505. The number of aryl methyl sites for hydroxylation is 3. The first-order valence-corrected chi connectivity index (χ1v) is 7.11. The molecule has 2 rings (SSSR count). The van der Waals surface area contributed by atoms with Gasteiger partial charge < -0.3 is 9.64 Å². The molecule has 1 aliphatic heterocycles. The maximum atomic E-state index is 12.6. The Bertz CT molecular complexity index is 464. The molecule has 1 aliphatic rings. The van der Waals surface area contributed by atoms with E-state index < -0.39 is 0 Å². The third kappa shape index (κ3) is 3.10. The summed E-state index contributed by atoms with van der Waals surface area (Å²) in [7, 11) is 0. The third-order valence-corrected chi connectivity index (χ3v) is 3.83. The summed E-state index contributed by atoms with van der Waals surface area (Å²) in [5.41, 5.74) is 4.08. The number of morpholine rings is 1. The van der Waals surface area contributed by atoms with Crippen molar-refractivity contribution < 1.29 is 9.53 Å². The number of rotatable bonds is 2. The zero-order valence-corrected chi connectivity index (χ0v) is 12.5. The Labute approximate surface area is 119 Å². The predicted molar refractivity (Wildman–Crippen MR) is 77.0 cm³/mol. The van der Waals surface area contributed by atoms with Crippen LogP contribution in [0.25, 0.3) is 0 Å². The molecule has 1 atom stereocenters. The van der Waals surface area contributed by atoms with Crippen LogP contribution in [0.1, 0.15) is 27.0 Å². The molecule has 3 nitrogen and oxygen atoms in total. The molecule has 1 aromatic carbocycles. The summed E-state index contributed by atoms with van der Waals surface area (Å²) in [4.78, 5) is 14.5. The van der Waals surface area contributed by atoms with Crippen LogP contribution < -0.4 is 0 Å². The van der Waals surface area contributed by atoms with E-state index in [1.54, 1.807) is 0 Å². The first-order chi connectivity index (χ1) is 9.02. The summed E-state index contributed by atoms with van der Waals surface area (Å²) in [5.74, 6) is 0.517. The molecular formula is C15H20ClNO2. The van der Waals surface area contributed by atoms with Gasteiger partial charge in [-0.15, -0.1) is 11.6 Å². The Morgan fingerprint density at radius 2 is 2.00 bits per heavy atom. The molecule has 104 valence electrons. The topological polar surface area (TPSA) is 29.5 Å². The minimum Gasteiger partial charge on any atom is -0.373 e. The Kier molecular flexibility index (Phi) is 4.48. The van der Waals surface area contributed by atoms with Gasteiger partial charge in [-0.25, -0.2) is 0 Å². The average Bonchev–Trinajstić information content (AvgIpc) is 2.37. The average molecular weight is 282 g/mol. The largest absolute Gasteiger partial charge is 0.373 e. The van der Waals surface area contributed by atoms with Gasteiger partial charge in [0.1, 0.15) is 0 Å². The summed E-state index contributed by atoms with van der Waals surface area (Å²) in [5, 5.41) is 0. The molecule has 0 aliphatic carbocycles. The van der Waals surface area contributed by atoms with Gasteiger partial charge in [0.25, 0.3) is 5.91 Å². The summed E-state index contributed by atoms with van der Waals surface area (Å²) >= 11 is 5.82. The number of carbonyl (C=O) groups is 1. The van der Waals surface area contributed by atoms with Crippen LogP contribution in [0, 0.1) is 20.8 Å². The fourth-order valence-electron chi connectivity index (χ4n) is 2.67. The molecule has 19 heavy (non-hydrogen) atoms. The van der Waals surface area contributed by atoms with Crippen molar-refractivity contribution in [1.82, 2.24) is 4.90 Å². The number of ether oxygens (including phenoxy) is 1. The fourth-order valence-corrected chi connectivity index (χ4v) is 2.86. The normalized spacial score (nSPS) is 19.6. The van der Waals surface area contributed by atoms with Crippen molar-refractivity contribution in [3.8, 4) is 0 Å². The van der Waals surface area contributed by atoms with Crippen molar-refractivity contribution in [3.05, 3.63) is 34.4 Å². The van der Waals surface area contributed by atoms with E-state index in [0.29, 0.717) is 25.6 Å². The maximum absolute atomic E-state index is 12.6. The molecule has 1 saturated heterocycles. The highest BCUT2D eigenvalue weighted by Crippen LogP contribution is 2.20. The number of benzene rings is 1. The molecule has 0 aromatic heterocycles. The zero-order chi connectivity index (χ0) is 14.0. The molecule has 4 heteroatoms. The van der Waals surface area contributed by atoms with E-state index in [-0.39, 0.29) is 12.0 Å². The summed E-state index contributed by atoms with van der Waals surface area (Å²) in [6, 6.07) is 4.11. The maximum Gasteiger partial charge on any atom is 0.254 e. The van der Waals surface area contributed by atoms with Gasteiger partial charge in [0.15, 0.2) is 0 Å². The van der Waals surface area contributed by atoms with Crippen LogP contribution in [0.5, 0.6) is 0 Å². The lowest BCUT2D eigenvalue weighted by Crippen LogP contribution is -2.46. The van der Waals surface area contributed by atoms with E-state index in [2.05, 4.69) is 12.1 Å². The molecule has 0 radical (unpaired) electrons. The molecule has 1 heterocycles. The molecule has 0 N–H and O–H groups in total. The number of hydrogen-bond acceptors (Lipinski definition) is 2. The van der Waals surface area contributed by atoms with Crippen LogP contribution in [0.2, 0.25) is 0 Å². The van der Waals surface area contributed by atoms with E-state index in [4.69, 9.17) is 16.3 Å². The van der Waals surface area contributed by atoms with Crippen molar-refractivity contribution in [1.29, 1.82) is 0 Å². The molecule has 1 fully saturated rings. The second-order valence-corrected chi connectivity index (χ2v) is 5.48. The first kappa shape index (κ1) is 14.4. The van der Waals surface area contributed by atoms with Crippen LogP contribution in [0.3, 0.4) is 0 Å². The van der Waals surface area contributed by atoms with Gasteiger partial charge in [0.2, 0.25) is 0 Å². The Balaban J connectivity index is 2.24. The van der Waals surface area contributed by atoms with Crippen molar-refractivity contribution >= 4 is 17.5 Å². The summed E-state index contributed by atoms with van der Waals surface area (Å²) in [6.45, 7) is 7.81. The summed E-state index contributed by atoms with van der Waals surface area (Å²) < 4.78 is 5.50. The Morgan fingerprint density at radius 3 is 2.58 bits per heavy atom. The molecule has 0 saturated carbocycles. The van der Waals surface area contributed by atoms with E-state index in [9.17, 15) is 4.79 Å². The van der Waals surface area contributed by atoms with Crippen LogP contribution in [-0.2, 0) is 4.74 Å². The number of nitrogens with zero attached hydrogens (tertiary/aromatic N) is 1. The molecule has 1 unspecified atom stereocenters. The van der Waals surface area contributed by atoms with Gasteiger partial charge in [0, 0.05) is 18.7 Å². The van der Waals surface area contributed by atoms with Gasteiger partial charge in [-0.1, -0.05) is 17.7 Å². The number of alkyl halides is 1. The van der Waals surface area contributed by atoms with Crippen molar-refractivity contribution in [3.63, 3.8) is 0 Å². The van der Waals surface area contributed by atoms with Gasteiger partial charge in [-0.3, -0.25) is 4.79 Å². The fraction of sp³-hybridized carbons (Fsp3) is 0.533. The molecular weight excluding hydrogens is 262 g/mol. The van der Waals surface area contributed by atoms with Crippen LogP contribution >= 0.6 is 11.6 Å². The van der Waals surface area contributed by atoms with Crippen molar-refractivity contribution in [2.24, 2.45) is 0 Å². The lowest BCUT2D eigenvalue weighted by Gasteiger charge is -2.32.